The normalized spacial score (nSPS) is 22.4. The van der Waals surface area contributed by atoms with Gasteiger partial charge in [-0.25, -0.2) is 0 Å². The third-order valence-corrected chi connectivity index (χ3v) is 5.37. The molecule has 1 atom stereocenters. The Balaban J connectivity index is 2.08. The Hall–Kier alpha value is -0.380. The molecule has 0 radical (unpaired) electrons. The lowest BCUT2D eigenvalue weighted by Gasteiger charge is -2.46. The Morgan fingerprint density at radius 1 is 1.25 bits per heavy atom. The van der Waals surface area contributed by atoms with Crippen molar-refractivity contribution >= 4 is 15.9 Å². The van der Waals surface area contributed by atoms with Gasteiger partial charge in [-0.15, -0.1) is 0 Å². The van der Waals surface area contributed by atoms with Crippen molar-refractivity contribution in [3.63, 3.8) is 0 Å². The summed E-state index contributed by atoms with van der Waals surface area (Å²) in [5.41, 5.74) is 8.07. The summed E-state index contributed by atoms with van der Waals surface area (Å²) in [6, 6.07) is 8.45. The molecule has 1 aliphatic carbocycles. The molecule has 0 aliphatic heterocycles. The average Bonchev–Trinajstić information content (AvgIpc) is 2.39. The van der Waals surface area contributed by atoms with Crippen molar-refractivity contribution in [3.8, 4) is 0 Å². The highest BCUT2D eigenvalue weighted by atomic mass is 79.9. The summed E-state index contributed by atoms with van der Waals surface area (Å²) in [5, 5.41) is 0. The van der Waals surface area contributed by atoms with Gasteiger partial charge in [0.1, 0.15) is 0 Å². The maximum atomic E-state index is 6.52. The Labute approximate surface area is 131 Å². The number of hydrogen-bond donors (Lipinski definition) is 1. The predicted octanol–water partition coefficient (Wildman–Crippen LogP) is 4.30. The molecule has 1 aliphatic rings. The second kappa shape index (κ2) is 6.17. The Kier molecular flexibility index (Phi) is 4.93. The minimum atomic E-state index is -0.155. The van der Waals surface area contributed by atoms with Gasteiger partial charge >= 0.3 is 0 Å². The van der Waals surface area contributed by atoms with Crippen LogP contribution < -0.4 is 5.73 Å². The number of ether oxygens (including phenoxy) is 1. The molecule has 0 spiro atoms. The van der Waals surface area contributed by atoms with E-state index in [1.54, 1.807) is 0 Å². The van der Waals surface area contributed by atoms with Gasteiger partial charge in [-0.2, -0.15) is 0 Å². The van der Waals surface area contributed by atoms with Gasteiger partial charge in [-0.1, -0.05) is 41.9 Å². The quantitative estimate of drug-likeness (QED) is 0.887. The molecule has 1 unspecified atom stereocenters. The highest BCUT2D eigenvalue weighted by molar-refractivity contribution is 9.10. The van der Waals surface area contributed by atoms with Crippen LogP contribution in [0.25, 0.3) is 0 Å². The summed E-state index contributed by atoms with van der Waals surface area (Å²) >= 11 is 3.52. The maximum Gasteiger partial charge on any atom is 0.0832 e. The molecular weight excluding hydrogens is 314 g/mol. The van der Waals surface area contributed by atoms with Gasteiger partial charge in [0.15, 0.2) is 0 Å². The van der Waals surface area contributed by atoms with Gasteiger partial charge in [0.25, 0.3) is 0 Å². The molecule has 2 rings (SSSR count). The van der Waals surface area contributed by atoms with Gasteiger partial charge in [0, 0.05) is 17.6 Å². The third-order valence-electron chi connectivity index (χ3n) is 4.88. The van der Waals surface area contributed by atoms with E-state index < -0.39 is 0 Å². The second-order valence-electron chi connectivity index (χ2n) is 6.87. The van der Waals surface area contributed by atoms with Crippen LogP contribution in [0.3, 0.4) is 0 Å². The molecule has 0 aromatic heterocycles. The Bertz CT molecular complexity index is 448. The monoisotopic (exact) mass is 339 g/mol. The molecule has 2 N–H and O–H groups in total. The van der Waals surface area contributed by atoms with E-state index >= 15 is 0 Å². The van der Waals surface area contributed by atoms with E-state index in [1.807, 2.05) is 13.2 Å². The van der Waals surface area contributed by atoms with Crippen LogP contribution >= 0.6 is 15.9 Å². The molecule has 0 amide bonds. The SMILES string of the molecule is COC1(C(N)Cc2cccc(Br)c2)CCC(C)(C)CC1. The summed E-state index contributed by atoms with van der Waals surface area (Å²) in [6.07, 6.45) is 5.37. The van der Waals surface area contributed by atoms with Gasteiger partial charge in [-0.3, -0.25) is 0 Å². The van der Waals surface area contributed by atoms with Crippen LogP contribution in [0.1, 0.15) is 45.1 Å². The zero-order valence-electron chi connectivity index (χ0n) is 12.8. The molecule has 3 heteroatoms. The predicted molar refractivity (Wildman–Crippen MR) is 87.8 cm³/mol. The Morgan fingerprint density at radius 3 is 2.45 bits per heavy atom. The lowest BCUT2D eigenvalue weighted by Crippen LogP contribution is -2.53. The zero-order chi connectivity index (χ0) is 14.8. The van der Waals surface area contributed by atoms with E-state index in [0.717, 1.165) is 23.7 Å². The van der Waals surface area contributed by atoms with E-state index in [0.29, 0.717) is 5.41 Å². The number of methoxy groups -OCH3 is 1. The molecule has 1 saturated carbocycles. The topological polar surface area (TPSA) is 35.2 Å². The van der Waals surface area contributed by atoms with E-state index in [-0.39, 0.29) is 11.6 Å². The number of nitrogens with two attached hydrogens (primary N) is 1. The zero-order valence-corrected chi connectivity index (χ0v) is 14.4. The average molecular weight is 340 g/mol. The first-order valence-electron chi connectivity index (χ1n) is 7.42. The number of hydrogen-bond acceptors (Lipinski definition) is 2. The molecule has 20 heavy (non-hydrogen) atoms. The fourth-order valence-electron chi connectivity index (χ4n) is 3.18. The highest BCUT2D eigenvalue weighted by Gasteiger charge is 2.42. The molecule has 112 valence electrons. The van der Waals surface area contributed by atoms with Crippen molar-refractivity contribution in [1.29, 1.82) is 0 Å². The van der Waals surface area contributed by atoms with Crippen molar-refractivity contribution in [1.82, 2.24) is 0 Å². The van der Waals surface area contributed by atoms with Gasteiger partial charge in [-0.05, 0) is 55.2 Å². The van der Waals surface area contributed by atoms with Crippen LogP contribution in [0.15, 0.2) is 28.7 Å². The van der Waals surface area contributed by atoms with Gasteiger partial charge in [0.2, 0.25) is 0 Å². The van der Waals surface area contributed by atoms with Crippen LogP contribution in [-0.4, -0.2) is 18.8 Å². The first-order valence-corrected chi connectivity index (χ1v) is 8.21. The van der Waals surface area contributed by atoms with E-state index in [9.17, 15) is 0 Å². The summed E-state index contributed by atoms with van der Waals surface area (Å²) in [5.74, 6) is 0. The summed E-state index contributed by atoms with van der Waals surface area (Å²) < 4.78 is 7.01. The van der Waals surface area contributed by atoms with Crippen molar-refractivity contribution in [2.24, 2.45) is 11.1 Å². The second-order valence-corrected chi connectivity index (χ2v) is 7.79. The molecular formula is C17H26BrNO. The van der Waals surface area contributed by atoms with Crippen molar-refractivity contribution < 1.29 is 4.74 Å². The third kappa shape index (κ3) is 3.63. The van der Waals surface area contributed by atoms with Gasteiger partial charge < -0.3 is 10.5 Å². The maximum absolute atomic E-state index is 6.52. The van der Waals surface area contributed by atoms with Crippen molar-refractivity contribution in [2.45, 2.75) is 57.6 Å². The van der Waals surface area contributed by atoms with Crippen LogP contribution in [0.4, 0.5) is 0 Å². The van der Waals surface area contributed by atoms with Crippen molar-refractivity contribution in [2.75, 3.05) is 7.11 Å². The number of benzene rings is 1. The fraction of sp³-hybridized carbons (Fsp3) is 0.647. The molecule has 0 heterocycles. The largest absolute Gasteiger partial charge is 0.377 e. The highest BCUT2D eigenvalue weighted by Crippen LogP contribution is 2.43. The first-order chi connectivity index (χ1) is 9.37. The molecule has 1 aromatic rings. The summed E-state index contributed by atoms with van der Waals surface area (Å²) in [6.45, 7) is 4.68. The van der Waals surface area contributed by atoms with E-state index in [1.165, 1.54) is 18.4 Å². The smallest absolute Gasteiger partial charge is 0.0832 e. The van der Waals surface area contributed by atoms with E-state index in [4.69, 9.17) is 10.5 Å². The lowest BCUT2D eigenvalue weighted by molar-refractivity contribution is -0.0781. The summed E-state index contributed by atoms with van der Waals surface area (Å²) in [4.78, 5) is 0. The number of rotatable bonds is 4. The molecule has 0 bridgehead atoms. The van der Waals surface area contributed by atoms with Crippen molar-refractivity contribution in [3.05, 3.63) is 34.3 Å². The molecule has 2 nitrogen and oxygen atoms in total. The minimum Gasteiger partial charge on any atom is -0.377 e. The summed E-state index contributed by atoms with van der Waals surface area (Å²) in [7, 11) is 1.82. The molecule has 0 saturated heterocycles. The first kappa shape index (κ1) is 16.0. The molecule has 1 aromatic carbocycles. The van der Waals surface area contributed by atoms with Crippen LogP contribution in [0, 0.1) is 5.41 Å². The Morgan fingerprint density at radius 2 is 1.90 bits per heavy atom. The minimum absolute atomic E-state index is 0.0536. The van der Waals surface area contributed by atoms with Crippen LogP contribution in [0.2, 0.25) is 0 Å². The molecule has 1 fully saturated rings. The van der Waals surface area contributed by atoms with Crippen LogP contribution in [0.5, 0.6) is 0 Å². The standard InChI is InChI=1S/C17H26BrNO/c1-16(2)7-9-17(20-3,10-8-16)15(19)12-13-5-4-6-14(18)11-13/h4-6,11,15H,7-10,12,19H2,1-3H3. The van der Waals surface area contributed by atoms with E-state index in [2.05, 4.69) is 48.0 Å². The lowest BCUT2D eigenvalue weighted by atomic mass is 9.68. The fourth-order valence-corrected chi connectivity index (χ4v) is 3.63. The van der Waals surface area contributed by atoms with Crippen LogP contribution in [-0.2, 0) is 11.2 Å². The van der Waals surface area contributed by atoms with Gasteiger partial charge in [0.05, 0.1) is 5.60 Å². The number of halogens is 1.